The van der Waals surface area contributed by atoms with Gasteiger partial charge in [0.05, 0.1) is 16.6 Å². The predicted octanol–water partition coefficient (Wildman–Crippen LogP) is 3.22. The molecule has 0 radical (unpaired) electrons. The second-order valence-electron chi connectivity index (χ2n) is 9.44. The van der Waals surface area contributed by atoms with E-state index in [9.17, 15) is 31.5 Å². The first-order valence-electron chi connectivity index (χ1n) is 11.7. The molecule has 7 nitrogen and oxygen atoms in total. The number of rotatable bonds is 4. The van der Waals surface area contributed by atoms with Crippen molar-refractivity contribution in [1.29, 1.82) is 0 Å². The Morgan fingerprint density at radius 3 is 2.49 bits per heavy atom. The lowest BCUT2D eigenvalue weighted by molar-refractivity contribution is -0.183. The molecule has 0 spiro atoms. The predicted molar refractivity (Wildman–Crippen MR) is 113 cm³/mol. The van der Waals surface area contributed by atoms with Crippen LogP contribution < -0.4 is 0 Å². The fourth-order valence-corrected chi connectivity index (χ4v) is 5.32. The number of nitrogens with zero attached hydrogens (tertiary/aromatic N) is 4. The third kappa shape index (κ3) is 4.48. The molecule has 0 N–H and O–H groups in total. The van der Waals surface area contributed by atoms with E-state index in [0.717, 1.165) is 15.6 Å². The fraction of sp³-hybridized carbons (Fsp3) is 0.609. The zero-order chi connectivity index (χ0) is 24.9. The second kappa shape index (κ2) is 9.03. The number of carbonyl (C=O) groups is 2. The van der Waals surface area contributed by atoms with Crippen molar-refractivity contribution in [3.05, 3.63) is 29.5 Å². The normalized spacial score (nSPS) is 22.1. The number of fused-ring (bicyclic) bond motifs is 1. The molecule has 1 atom stereocenters. The number of amides is 2. The molecule has 1 aromatic heterocycles. The van der Waals surface area contributed by atoms with Crippen molar-refractivity contribution < 1.29 is 36.3 Å². The van der Waals surface area contributed by atoms with Crippen molar-refractivity contribution in [1.82, 2.24) is 19.6 Å². The summed E-state index contributed by atoms with van der Waals surface area (Å²) in [5.41, 5.74) is 0.276. The number of alkyl halides is 3. The Labute approximate surface area is 197 Å². The summed E-state index contributed by atoms with van der Waals surface area (Å²) in [6.45, 7) is 1.05. The maximum absolute atomic E-state index is 14.8. The van der Waals surface area contributed by atoms with Crippen molar-refractivity contribution in [3.8, 4) is 0 Å². The fourth-order valence-electron chi connectivity index (χ4n) is 5.32. The highest BCUT2D eigenvalue weighted by atomic mass is 19.4. The largest absolute Gasteiger partial charge is 0.408 e. The van der Waals surface area contributed by atoms with Crippen molar-refractivity contribution in [2.75, 3.05) is 32.8 Å². The Hall–Kier alpha value is -2.76. The molecule has 2 aromatic rings. The van der Waals surface area contributed by atoms with E-state index in [1.54, 1.807) is 4.90 Å². The van der Waals surface area contributed by atoms with Gasteiger partial charge in [-0.3, -0.25) is 14.3 Å². The molecular formula is C23H25F5N4O3. The Balaban J connectivity index is 1.38. The van der Waals surface area contributed by atoms with Crippen LogP contribution in [0, 0.1) is 17.6 Å². The number of carbonyl (C=O) groups excluding carboxylic acids is 2. The Kier molecular flexibility index (Phi) is 6.18. The van der Waals surface area contributed by atoms with E-state index in [4.69, 9.17) is 4.74 Å². The lowest BCUT2D eigenvalue weighted by atomic mass is 9.90. The monoisotopic (exact) mass is 500 g/mol. The van der Waals surface area contributed by atoms with E-state index in [-0.39, 0.29) is 53.7 Å². The quantitative estimate of drug-likeness (QED) is 0.605. The average Bonchev–Trinajstić information content (AvgIpc) is 3.39. The van der Waals surface area contributed by atoms with Crippen LogP contribution in [0.15, 0.2) is 12.1 Å². The Bertz CT molecular complexity index is 1140. The van der Waals surface area contributed by atoms with Crippen molar-refractivity contribution in [2.45, 2.75) is 50.4 Å². The number of hydrogen-bond acceptors (Lipinski definition) is 4. The lowest BCUT2D eigenvalue weighted by Crippen LogP contribution is -2.51. The van der Waals surface area contributed by atoms with Crippen LogP contribution in [0.5, 0.6) is 0 Å². The van der Waals surface area contributed by atoms with Crippen LogP contribution in [0.1, 0.15) is 37.3 Å². The Morgan fingerprint density at radius 2 is 1.80 bits per heavy atom. The van der Waals surface area contributed by atoms with E-state index in [2.05, 4.69) is 5.10 Å². The van der Waals surface area contributed by atoms with Gasteiger partial charge in [-0.1, -0.05) is 0 Å². The molecule has 0 bridgehead atoms. The number of ether oxygens (including phenoxy) is 1. The molecule has 190 valence electrons. The smallest absolute Gasteiger partial charge is 0.381 e. The maximum atomic E-state index is 14.8. The molecular weight excluding hydrogens is 475 g/mol. The summed E-state index contributed by atoms with van der Waals surface area (Å²) in [5.74, 6) is -3.00. The van der Waals surface area contributed by atoms with Crippen LogP contribution >= 0.6 is 0 Å². The zero-order valence-electron chi connectivity index (χ0n) is 18.9. The summed E-state index contributed by atoms with van der Waals surface area (Å²) < 4.78 is 75.1. The standard InChI is InChI=1S/C23H25F5N4O3/c24-15-8-16(25)20-17(9-15)32(12-19(33)31-5-1-2-18(31)23(26,27)28)29-21(20)14-10-30(11-14)22(34)13-3-6-35-7-4-13/h8-9,13-14,18H,1-7,10-12H2/t18-/m0/s1. The van der Waals surface area contributed by atoms with Crippen LogP contribution in [0.3, 0.4) is 0 Å². The van der Waals surface area contributed by atoms with E-state index in [1.165, 1.54) is 0 Å². The average molecular weight is 500 g/mol. The highest BCUT2D eigenvalue weighted by Gasteiger charge is 2.48. The number of halogens is 5. The molecule has 1 aromatic carbocycles. The zero-order valence-corrected chi connectivity index (χ0v) is 18.9. The van der Waals surface area contributed by atoms with Gasteiger partial charge in [0.15, 0.2) is 0 Å². The van der Waals surface area contributed by atoms with Gasteiger partial charge in [0, 0.05) is 56.8 Å². The molecule has 5 rings (SSSR count). The SMILES string of the molecule is O=C(C1CCOCC1)N1CC(c2nn(CC(=O)N3CCC[C@H]3C(F)(F)F)c3cc(F)cc(F)c23)C1. The third-order valence-corrected chi connectivity index (χ3v) is 7.18. The van der Waals surface area contributed by atoms with E-state index in [1.807, 2.05) is 0 Å². The highest BCUT2D eigenvalue weighted by Crippen LogP contribution is 2.36. The first-order valence-corrected chi connectivity index (χ1v) is 11.7. The van der Waals surface area contributed by atoms with Gasteiger partial charge in [0.1, 0.15) is 24.2 Å². The van der Waals surface area contributed by atoms with E-state index in [0.29, 0.717) is 45.2 Å². The molecule has 0 aliphatic carbocycles. The molecule has 0 saturated carbocycles. The van der Waals surface area contributed by atoms with Gasteiger partial charge in [-0.05, 0) is 25.7 Å². The van der Waals surface area contributed by atoms with Crippen LogP contribution in [0.25, 0.3) is 10.9 Å². The van der Waals surface area contributed by atoms with Crippen molar-refractivity contribution in [2.24, 2.45) is 5.92 Å². The van der Waals surface area contributed by atoms with E-state index < -0.39 is 36.3 Å². The van der Waals surface area contributed by atoms with E-state index >= 15 is 0 Å². The molecule has 3 aliphatic heterocycles. The second-order valence-corrected chi connectivity index (χ2v) is 9.44. The molecule has 3 aliphatic rings. The Morgan fingerprint density at radius 1 is 1.09 bits per heavy atom. The highest BCUT2D eigenvalue weighted by molar-refractivity contribution is 5.86. The van der Waals surface area contributed by atoms with Crippen molar-refractivity contribution >= 4 is 22.7 Å². The molecule has 2 amide bonds. The van der Waals surface area contributed by atoms with Crippen LogP contribution in [-0.2, 0) is 20.9 Å². The van der Waals surface area contributed by atoms with Crippen LogP contribution in [0.2, 0.25) is 0 Å². The number of benzene rings is 1. The number of likely N-dealkylation sites (tertiary alicyclic amines) is 2. The van der Waals surface area contributed by atoms with Crippen LogP contribution in [-0.4, -0.2) is 76.5 Å². The summed E-state index contributed by atoms with van der Waals surface area (Å²) in [7, 11) is 0. The summed E-state index contributed by atoms with van der Waals surface area (Å²) in [6.07, 6.45) is -3.22. The minimum atomic E-state index is -4.55. The number of aromatic nitrogens is 2. The topological polar surface area (TPSA) is 67.7 Å². The van der Waals surface area contributed by atoms with Gasteiger partial charge < -0.3 is 14.5 Å². The minimum Gasteiger partial charge on any atom is -0.381 e. The molecule has 0 unspecified atom stereocenters. The molecule has 12 heteroatoms. The van der Waals surface area contributed by atoms with Gasteiger partial charge >= 0.3 is 6.18 Å². The van der Waals surface area contributed by atoms with Gasteiger partial charge in [0.2, 0.25) is 11.8 Å². The van der Waals surface area contributed by atoms with Gasteiger partial charge in [-0.25, -0.2) is 8.78 Å². The summed E-state index contributed by atoms with van der Waals surface area (Å²) in [6, 6.07) is -0.137. The number of hydrogen-bond donors (Lipinski definition) is 0. The lowest BCUT2D eigenvalue weighted by Gasteiger charge is -2.41. The summed E-state index contributed by atoms with van der Waals surface area (Å²) >= 11 is 0. The minimum absolute atomic E-state index is 0.00204. The summed E-state index contributed by atoms with van der Waals surface area (Å²) in [4.78, 5) is 27.9. The van der Waals surface area contributed by atoms with Crippen LogP contribution in [0.4, 0.5) is 22.0 Å². The first-order chi connectivity index (χ1) is 16.6. The van der Waals surface area contributed by atoms with Crippen molar-refractivity contribution in [3.63, 3.8) is 0 Å². The summed E-state index contributed by atoms with van der Waals surface area (Å²) in [5, 5.41) is 4.37. The first kappa shape index (κ1) is 24.0. The van der Waals surface area contributed by atoms with Gasteiger partial charge in [-0.2, -0.15) is 18.3 Å². The maximum Gasteiger partial charge on any atom is 0.408 e. The third-order valence-electron chi connectivity index (χ3n) is 7.18. The molecule has 3 fully saturated rings. The van der Waals surface area contributed by atoms with Gasteiger partial charge in [-0.15, -0.1) is 0 Å². The molecule has 3 saturated heterocycles. The molecule has 4 heterocycles. The van der Waals surface area contributed by atoms with Gasteiger partial charge in [0.25, 0.3) is 0 Å². The molecule has 35 heavy (non-hydrogen) atoms.